The summed E-state index contributed by atoms with van der Waals surface area (Å²) in [6, 6.07) is 12.5. The number of benzene rings is 1. The third kappa shape index (κ3) is 3.75. The quantitative estimate of drug-likeness (QED) is 0.768. The number of hydrogen-bond acceptors (Lipinski definition) is 4. The van der Waals surface area contributed by atoms with Crippen LogP contribution >= 0.6 is 0 Å². The standard InChI is InChI=1S/C20H23N5O/c26-19(18-15-25-12-5-9-22-20(25)23-18)21-10-13-24-11-4-8-17(14-24)16-6-2-1-3-7-16/h1-3,5-7,9,12,15,17H,4,8,10-11,13-14H2,(H,21,26). The van der Waals surface area contributed by atoms with Crippen molar-refractivity contribution in [2.24, 2.45) is 0 Å². The minimum absolute atomic E-state index is 0.146. The third-order valence-corrected chi connectivity index (χ3v) is 4.96. The monoisotopic (exact) mass is 349 g/mol. The largest absolute Gasteiger partial charge is 0.349 e. The molecule has 134 valence electrons. The van der Waals surface area contributed by atoms with E-state index in [9.17, 15) is 4.79 Å². The van der Waals surface area contributed by atoms with Gasteiger partial charge in [-0.25, -0.2) is 9.97 Å². The molecule has 0 saturated carbocycles. The summed E-state index contributed by atoms with van der Waals surface area (Å²) in [6.45, 7) is 3.64. The van der Waals surface area contributed by atoms with Crippen molar-refractivity contribution >= 4 is 11.7 Å². The number of hydrogen-bond donors (Lipinski definition) is 1. The van der Waals surface area contributed by atoms with Crippen molar-refractivity contribution in [3.8, 4) is 0 Å². The number of amides is 1. The van der Waals surface area contributed by atoms with Crippen molar-refractivity contribution in [1.82, 2.24) is 24.6 Å². The van der Waals surface area contributed by atoms with E-state index in [2.05, 4.69) is 50.5 Å². The van der Waals surface area contributed by atoms with Crippen LogP contribution in [-0.2, 0) is 0 Å². The fourth-order valence-electron chi connectivity index (χ4n) is 3.61. The van der Waals surface area contributed by atoms with Crippen LogP contribution in [0.3, 0.4) is 0 Å². The predicted molar refractivity (Wildman–Crippen MR) is 100 cm³/mol. The maximum atomic E-state index is 12.3. The molecular formula is C20H23N5O. The van der Waals surface area contributed by atoms with Crippen LogP contribution in [0.15, 0.2) is 55.0 Å². The zero-order valence-corrected chi connectivity index (χ0v) is 14.7. The lowest BCUT2D eigenvalue weighted by Crippen LogP contribution is -2.40. The molecule has 4 rings (SSSR count). The minimum Gasteiger partial charge on any atom is -0.349 e. The minimum atomic E-state index is -0.146. The van der Waals surface area contributed by atoms with Gasteiger partial charge in [-0.3, -0.25) is 9.20 Å². The Bertz CT molecular complexity index is 843. The zero-order valence-electron chi connectivity index (χ0n) is 14.7. The number of carbonyl (C=O) groups excluding carboxylic acids is 1. The molecule has 0 spiro atoms. The normalized spacial score (nSPS) is 18.1. The number of imidazole rings is 1. The highest BCUT2D eigenvalue weighted by molar-refractivity contribution is 5.92. The number of fused-ring (bicyclic) bond motifs is 1. The van der Waals surface area contributed by atoms with Crippen LogP contribution in [0.5, 0.6) is 0 Å². The van der Waals surface area contributed by atoms with Crippen molar-refractivity contribution in [3.63, 3.8) is 0 Å². The molecule has 1 aromatic carbocycles. The molecular weight excluding hydrogens is 326 g/mol. The van der Waals surface area contributed by atoms with Crippen LogP contribution in [-0.4, -0.2) is 51.4 Å². The number of aromatic nitrogens is 3. The van der Waals surface area contributed by atoms with E-state index in [1.54, 1.807) is 16.8 Å². The molecule has 3 heterocycles. The summed E-state index contributed by atoms with van der Waals surface area (Å²) < 4.78 is 1.75. The summed E-state index contributed by atoms with van der Waals surface area (Å²) >= 11 is 0. The molecule has 6 heteroatoms. The van der Waals surface area contributed by atoms with Gasteiger partial charge in [0.05, 0.1) is 0 Å². The average molecular weight is 349 g/mol. The summed E-state index contributed by atoms with van der Waals surface area (Å²) in [6.07, 6.45) is 7.66. The van der Waals surface area contributed by atoms with Crippen LogP contribution in [0, 0.1) is 0 Å². The van der Waals surface area contributed by atoms with Gasteiger partial charge in [0, 0.05) is 38.2 Å². The van der Waals surface area contributed by atoms with Crippen LogP contribution < -0.4 is 5.32 Å². The van der Waals surface area contributed by atoms with Gasteiger partial charge in [-0.15, -0.1) is 0 Å². The van der Waals surface area contributed by atoms with Gasteiger partial charge in [0.25, 0.3) is 5.91 Å². The Balaban J connectivity index is 1.29. The van der Waals surface area contributed by atoms with Crippen molar-refractivity contribution in [2.45, 2.75) is 18.8 Å². The van der Waals surface area contributed by atoms with Crippen molar-refractivity contribution in [1.29, 1.82) is 0 Å². The summed E-state index contributed by atoms with van der Waals surface area (Å²) in [7, 11) is 0. The number of piperidine rings is 1. The highest BCUT2D eigenvalue weighted by atomic mass is 16.1. The van der Waals surface area contributed by atoms with Gasteiger partial charge in [-0.2, -0.15) is 0 Å². The smallest absolute Gasteiger partial charge is 0.271 e. The van der Waals surface area contributed by atoms with Gasteiger partial charge in [0.2, 0.25) is 5.78 Å². The molecule has 2 aromatic heterocycles. The first-order valence-electron chi connectivity index (χ1n) is 9.15. The SMILES string of the molecule is O=C(NCCN1CCCC(c2ccccc2)C1)c1cn2cccnc2n1. The topological polar surface area (TPSA) is 62.5 Å². The molecule has 1 aliphatic heterocycles. The van der Waals surface area contributed by atoms with Crippen LogP contribution in [0.4, 0.5) is 0 Å². The van der Waals surface area contributed by atoms with Crippen molar-refractivity contribution in [2.75, 3.05) is 26.2 Å². The van der Waals surface area contributed by atoms with Gasteiger partial charge in [0.1, 0.15) is 5.69 Å². The molecule has 1 atom stereocenters. The highest BCUT2D eigenvalue weighted by Gasteiger charge is 2.21. The lowest BCUT2D eigenvalue weighted by atomic mass is 9.91. The first kappa shape index (κ1) is 16.7. The molecule has 3 aromatic rings. The lowest BCUT2D eigenvalue weighted by molar-refractivity contribution is 0.0941. The molecule has 1 aliphatic rings. The number of likely N-dealkylation sites (tertiary alicyclic amines) is 1. The molecule has 1 saturated heterocycles. The van der Waals surface area contributed by atoms with E-state index in [4.69, 9.17) is 0 Å². The first-order chi connectivity index (χ1) is 12.8. The molecule has 1 unspecified atom stereocenters. The van der Waals surface area contributed by atoms with Crippen LogP contribution in [0.25, 0.3) is 5.78 Å². The van der Waals surface area contributed by atoms with Gasteiger partial charge < -0.3 is 10.2 Å². The summed E-state index contributed by atoms with van der Waals surface area (Å²) in [5.41, 5.74) is 1.82. The van der Waals surface area contributed by atoms with Crippen molar-refractivity contribution < 1.29 is 4.79 Å². The van der Waals surface area contributed by atoms with Crippen LogP contribution in [0.2, 0.25) is 0 Å². The Morgan fingerprint density at radius 1 is 1.23 bits per heavy atom. The third-order valence-electron chi connectivity index (χ3n) is 4.96. The maximum absolute atomic E-state index is 12.3. The summed E-state index contributed by atoms with van der Waals surface area (Å²) in [5.74, 6) is 0.983. The van der Waals surface area contributed by atoms with Gasteiger partial charge in [-0.1, -0.05) is 30.3 Å². The fourth-order valence-corrected chi connectivity index (χ4v) is 3.61. The van der Waals surface area contributed by atoms with E-state index in [1.807, 2.05) is 12.3 Å². The average Bonchev–Trinajstić information content (AvgIpc) is 3.13. The Morgan fingerprint density at radius 2 is 2.12 bits per heavy atom. The molecule has 1 amide bonds. The fraction of sp³-hybridized carbons (Fsp3) is 0.350. The molecule has 26 heavy (non-hydrogen) atoms. The van der Waals surface area contributed by atoms with E-state index < -0.39 is 0 Å². The Hall–Kier alpha value is -2.73. The predicted octanol–water partition coefficient (Wildman–Crippen LogP) is 2.34. The number of nitrogens with zero attached hydrogens (tertiary/aromatic N) is 4. The Morgan fingerprint density at radius 3 is 2.96 bits per heavy atom. The lowest BCUT2D eigenvalue weighted by Gasteiger charge is -2.33. The van der Waals surface area contributed by atoms with E-state index in [0.29, 0.717) is 23.9 Å². The summed E-state index contributed by atoms with van der Waals surface area (Å²) in [4.78, 5) is 23.1. The second kappa shape index (κ2) is 7.66. The maximum Gasteiger partial charge on any atom is 0.271 e. The Kier molecular flexibility index (Phi) is 4.93. The van der Waals surface area contributed by atoms with E-state index in [0.717, 1.165) is 19.6 Å². The molecule has 0 aliphatic carbocycles. The molecule has 6 nitrogen and oxygen atoms in total. The van der Waals surface area contributed by atoms with Gasteiger partial charge >= 0.3 is 0 Å². The number of carbonyl (C=O) groups is 1. The van der Waals surface area contributed by atoms with E-state index in [-0.39, 0.29) is 5.91 Å². The molecule has 0 bridgehead atoms. The Labute approximate surface area is 152 Å². The van der Waals surface area contributed by atoms with E-state index >= 15 is 0 Å². The first-order valence-corrected chi connectivity index (χ1v) is 9.15. The van der Waals surface area contributed by atoms with E-state index in [1.165, 1.54) is 18.4 Å². The number of nitrogens with one attached hydrogen (secondary N) is 1. The summed E-state index contributed by atoms with van der Waals surface area (Å²) in [5, 5.41) is 2.98. The number of rotatable bonds is 5. The molecule has 1 fully saturated rings. The zero-order chi connectivity index (χ0) is 17.8. The second-order valence-corrected chi connectivity index (χ2v) is 6.76. The highest BCUT2D eigenvalue weighted by Crippen LogP contribution is 2.26. The van der Waals surface area contributed by atoms with Crippen molar-refractivity contribution in [3.05, 3.63) is 66.2 Å². The van der Waals surface area contributed by atoms with Gasteiger partial charge in [0.15, 0.2) is 0 Å². The van der Waals surface area contributed by atoms with Crippen LogP contribution in [0.1, 0.15) is 34.8 Å². The molecule has 1 N–H and O–H groups in total. The molecule has 0 radical (unpaired) electrons. The second-order valence-electron chi connectivity index (χ2n) is 6.76. The van der Waals surface area contributed by atoms with Gasteiger partial charge in [-0.05, 0) is 36.9 Å².